The van der Waals surface area contributed by atoms with Crippen molar-refractivity contribution in [3.8, 4) is 0 Å². The van der Waals surface area contributed by atoms with E-state index in [4.69, 9.17) is 0 Å². The molecule has 1 unspecified atom stereocenters. The van der Waals surface area contributed by atoms with Gasteiger partial charge in [-0.1, -0.05) is 0 Å². The monoisotopic (exact) mass is 239 g/mol. The van der Waals surface area contributed by atoms with Crippen LogP contribution in [0.1, 0.15) is 39.0 Å². The molecule has 3 nitrogen and oxygen atoms in total. The van der Waals surface area contributed by atoms with Crippen molar-refractivity contribution in [3.63, 3.8) is 0 Å². The highest BCUT2D eigenvalue weighted by Gasteiger charge is 2.41. The number of hydrogen-bond acceptors (Lipinski definition) is 3. The molecule has 0 aromatic carbocycles. The Labute approximate surface area is 107 Å². The van der Waals surface area contributed by atoms with Crippen LogP contribution in [0.15, 0.2) is 0 Å². The summed E-state index contributed by atoms with van der Waals surface area (Å²) >= 11 is 0. The summed E-state index contributed by atoms with van der Waals surface area (Å²) in [6, 6.07) is 0. The Morgan fingerprint density at radius 3 is 2.12 bits per heavy atom. The topological polar surface area (TPSA) is 18.5 Å². The third-order valence-electron chi connectivity index (χ3n) is 4.87. The predicted molar refractivity (Wildman–Crippen MR) is 73.4 cm³/mol. The van der Waals surface area contributed by atoms with Crippen molar-refractivity contribution < 1.29 is 0 Å². The first-order valence-corrected chi connectivity index (χ1v) is 7.07. The summed E-state index contributed by atoms with van der Waals surface area (Å²) in [4.78, 5) is 4.98. The summed E-state index contributed by atoms with van der Waals surface area (Å²) in [5.41, 5.74) is 0.815. The molecular formula is C14H29N3. The molecule has 2 rings (SSSR count). The summed E-state index contributed by atoms with van der Waals surface area (Å²) in [6.07, 6.45) is 6.81. The van der Waals surface area contributed by atoms with Gasteiger partial charge >= 0.3 is 0 Å². The van der Waals surface area contributed by atoms with Gasteiger partial charge in [-0.15, -0.1) is 0 Å². The van der Waals surface area contributed by atoms with Gasteiger partial charge in [0.2, 0.25) is 0 Å². The molecule has 1 heterocycles. The molecule has 1 atom stereocenters. The van der Waals surface area contributed by atoms with E-state index in [1.54, 1.807) is 0 Å². The van der Waals surface area contributed by atoms with Gasteiger partial charge in [-0.05, 0) is 66.7 Å². The van der Waals surface area contributed by atoms with Gasteiger partial charge in [0.1, 0.15) is 0 Å². The van der Waals surface area contributed by atoms with E-state index >= 15 is 0 Å². The first-order chi connectivity index (χ1) is 7.96. The Morgan fingerprint density at radius 2 is 1.71 bits per heavy atom. The first kappa shape index (κ1) is 13.3. The lowest BCUT2D eigenvalue weighted by Gasteiger charge is -2.50. The molecule has 0 radical (unpaired) electrons. The average Bonchev–Trinajstić information content (AvgIpc) is 2.57. The van der Waals surface area contributed by atoms with E-state index in [2.05, 4.69) is 43.2 Å². The van der Waals surface area contributed by atoms with Gasteiger partial charge in [-0.25, -0.2) is 0 Å². The fourth-order valence-corrected chi connectivity index (χ4v) is 3.58. The van der Waals surface area contributed by atoms with Crippen LogP contribution in [-0.4, -0.2) is 61.7 Å². The molecule has 2 fully saturated rings. The highest BCUT2D eigenvalue weighted by molar-refractivity contribution is 4.99. The molecular weight excluding hydrogens is 210 g/mol. The normalized spacial score (nSPS) is 32.1. The number of likely N-dealkylation sites (N-methyl/N-ethyl adjacent to an activating group) is 2. The lowest BCUT2D eigenvalue weighted by Crippen LogP contribution is -2.58. The molecule has 2 aliphatic rings. The molecule has 1 saturated carbocycles. The molecule has 1 N–H and O–H groups in total. The van der Waals surface area contributed by atoms with Crippen molar-refractivity contribution in [3.05, 3.63) is 0 Å². The molecule has 3 heteroatoms. The van der Waals surface area contributed by atoms with Crippen molar-refractivity contribution >= 4 is 0 Å². The molecule has 1 aliphatic carbocycles. The van der Waals surface area contributed by atoms with E-state index < -0.39 is 0 Å². The van der Waals surface area contributed by atoms with Gasteiger partial charge < -0.3 is 15.1 Å². The van der Waals surface area contributed by atoms with Crippen molar-refractivity contribution in [2.24, 2.45) is 0 Å². The molecule has 0 spiro atoms. The maximum Gasteiger partial charge on any atom is 0.0330 e. The van der Waals surface area contributed by atoms with E-state index in [0.717, 1.165) is 0 Å². The molecule has 100 valence electrons. The van der Waals surface area contributed by atoms with Crippen molar-refractivity contribution in [2.75, 3.05) is 40.8 Å². The highest BCUT2D eigenvalue weighted by Crippen LogP contribution is 2.37. The fraction of sp³-hybridized carbons (Fsp3) is 1.00. The maximum absolute atomic E-state index is 3.66. The minimum atomic E-state index is 0.353. The van der Waals surface area contributed by atoms with Crippen LogP contribution < -0.4 is 5.32 Å². The van der Waals surface area contributed by atoms with Crippen LogP contribution in [-0.2, 0) is 0 Å². The summed E-state index contributed by atoms with van der Waals surface area (Å²) in [6.45, 7) is 5.97. The van der Waals surface area contributed by atoms with Gasteiger partial charge in [0.05, 0.1) is 0 Å². The lowest BCUT2D eigenvalue weighted by atomic mass is 9.75. The first-order valence-electron chi connectivity index (χ1n) is 7.07. The number of hydrogen-bond donors (Lipinski definition) is 1. The maximum atomic E-state index is 3.66. The Kier molecular flexibility index (Phi) is 3.81. The molecule has 0 aromatic heterocycles. The molecule has 0 amide bonds. The summed E-state index contributed by atoms with van der Waals surface area (Å²) in [7, 11) is 6.76. The smallest absolute Gasteiger partial charge is 0.0330 e. The Bertz CT molecular complexity index is 252. The summed E-state index contributed by atoms with van der Waals surface area (Å²) < 4.78 is 0. The minimum absolute atomic E-state index is 0.353. The van der Waals surface area contributed by atoms with Crippen LogP contribution in [0.2, 0.25) is 0 Å². The second-order valence-corrected chi connectivity index (χ2v) is 6.74. The number of rotatable bonds is 5. The van der Waals surface area contributed by atoms with E-state index in [1.807, 2.05) is 0 Å². The van der Waals surface area contributed by atoms with Gasteiger partial charge in [0, 0.05) is 24.2 Å². The Balaban J connectivity index is 1.86. The molecule has 17 heavy (non-hydrogen) atoms. The van der Waals surface area contributed by atoms with Crippen LogP contribution in [0, 0.1) is 0 Å². The van der Waals surface area contributed by atoms with E-state index in [-0.39, 0.29) is 0 Å². The third kappa shape index (κ3) is 2.83. The van der Waals surface area contributed by atoms with Crippen LogP contribution >= 0.6 is 0 Å². The molecule has 1 saturated heterocycles. The lowest BCUT2D eigenvalue weighted by molar-refractivity contribution is 0.0221. The molecule has 1 aliphatic heterocycles. The van der Waals surface area contributed by atoms with Gasteiger partial charge in [0.25, 0.3) is 0 Å². The van der Waals surface area contributed by atoms with Crippen LogP contribution in [0.5, 0.6) is 0 Å². The van der Waals surface area contributed by atoms with E-state index in [0.29, 0.717) is 11.1 Å². The van der Waals surface area contributed by atoms with Crippen LogP contribution in [0.3, 0.4) is 0 Å². The number of nitrogens with zero attached hydrogens (tertiary/aromatic N) is 2. The van der Waals surface area contributed by atoms with Crippen LogP contribution in [0.25, 0.3) is 0 Å². The molecule has 0 bridgehead atoms. The summed E-state index contributed by atoms with van der Waals surface area (Å²) in [5.74, 6) is 0. The zero-order valence-corrected chi connectivity index (χ0v) is 12.1. The van der Waals surface area contributed by atoms with Crippen LogP contribution in [0.4, 0.5) is 0 Å². The average molecular weight is 239 g/mol. The third-order valence-corrected chi connectivity index (χ3v) is 4.87. The molecule has 0 aromatic rings. The second-order valence-electron chi connectivity index (χ2n) is 6.74. The van der Waals surface area contributed by atoms with E-state index in [9.17, 15) is 0 Å². The summed E-state index contributed by atoms with van der Waals surface area (Å²) in [5, 5.41) is 3.66. The standard InChI is InChI=1S/C14H29N3/c1-13(7-6-10-15-13)11-17(4)12-14(16(2)3)8-5-9-14/h15H,5-12H2,1-4H3. The SMILES string of the molecule is CN(CC1(C)CCCN1)CC1(N(C)C)CCC1. The largest absolute Gasteiger partial charge is 0.310 e. The quantitative estimate of drug-likeness (QED) is 0.785. The highest BCUT2D eigenvalue weighted by atomic mass is 15.2. The van der Waals surface area contributed by atoms with E-state index in [1.165, 1.54) is 51.7 Å². The van der Waals surface area contributed by atoms with Crippen molar-refractivity contribution in [1.82, 2.24) is 15.1 Å². The Morgan fingerprint density at radius 1 is 1.00 bits per heavy atom. The van der Waals surface area contributed by atoms with Gasteiger partial charge in [0.15, 0.2) is 0 Å². The van der Waals surface area contributed by atoms with Crippen molar-refractivity contribution in [2.45, 2.75) is 50.1 Å². The fourth-order valence-electron chi connectivity index (χ4n) is 3.58. The zero-order chi connectivity index (χ0) is 12.5. The van der Waals surface area contributed by atoms with Crippen molar-refractivity contribution in [1.29, 1.82) is 0 Å². The minimum Gasteiger partial charge on any atom is -0.310 e. The van der Waals surface area contributed by atoms with Gasteiger partial charge in [-0.2, -0.15) is 0 Å². The second kappa shape index (κ2) is 4.87. The number of nitrogens with one attached hydrogen (secondary N) is 1. The Hall–Kier alpha value is -0.120. The predicted octanol–water partition coefficient (Wildman–Crippen LogP) is 1.54. The zero-order valence-electron chi connectivity index (χ0n) is 12.1. The van der Waals surface area contributed by atoms with Gasteiger partial charge in [-0.3, -0.25) is 0 Å².